The van der Waals surface area contributed by atoms with Crippen LogP contribution in [0.4, 0.5) is 0 Å². The fourth-order valence-corrected chi connectivity index (χ4v) is 2.41. The normalized spacial score (nSPS) is 23.6. The quantitative estimate of drug-likeness (QED) is 0.865. The van der Waals surface area contributed by atoms with E-state index < -0.39 is 0 Å². The summed E-state index contributed by atoms with van der Waals surface area (Å²) in [7, 11) is 0. The molecular weight excluding hydrogens is 212 g/mol. The number of rotatable bonds is 3. The van der Waals surface area contributed by atoms with E-state index in [1.54, 1.807) is 0 Å². The lowest BCUT2D eigenvalue weighted by Crippen LogP contribution is -2.45. The van der Waals surface area contributed by atoms with Crippen LogP contribution in [0.25, 0.3) is 0 Å². The highest BCUT2D eigenvalue weighted by molar-refractivity contribution is 5.24. The lowest BCUT2D eigenvalue weighted by Gasteiger charge is -2.37. The van der Waals surface area contributed by atoms with Gasteiger partial charge < -0.3 is 10.5 Å². The third-order valence-corrected chi connectivity index (χ3v) is 3.40. The number of nitrogens with two attached hydrogens (primary N) is 1. The van der Waals surface area contributed by atoms with E-state index in [1.165, 1.54) is 11.1 Å². The Morgan fingerprint density at radius 2 is 2.12 bits per heavy atom. The molecule has 1 aliphatic heterocycles. The Hall–Kier alpha value is -0.900. The molecule has 94 valence electrons. The van der Waals surface area contributed by atoms with E-state index in [2.05, 4.69) is 43.0 Å². The molecule has 1 saturated heterocycles. The smallest absolute Gasteiger partial charge is 0.0674 e. The van der Waals surface area contributed by atoms with Crippen molar-refractivity contribution in [1.29, 1.82) is 0 Å². The molecule has 1 aromatic carbocycles. The van der Waals surface area contributed by atoms with Gasteiger partial charge in [0.15, 0.2) is 0 Å². The number of hydrogen-bond acceptors (Lipinski definition) is 3. The first-order valence-corrected chi connectivity index (χ1v) is 6.33. The van der Waals surface area contributed by atoms with Crippen molar-refractivity contribution in [1.82, 2.24) is 4.90 Å². The Kier molecular flexibility index (Phi) is 4.15. The Bertz CT molecular complexity index is 350. The maximum atomic E-state index is 5.94. The van der Waals surface area contributed by atoms with Crippen molar-refractivity contribution in [2.24, 2.45) is 5.73 Å². The molecule has 0 amide bonds. The van der Waals surface area contributed by atoms with Gasteiger partial charge in [-0.15, -0.1) is 0 Å². The van der Waals surface area contributed by atoms with Crippen LogP contribution in [0.3, 0.4) is 0 Å². The van der Waals surface area contributed by atoms with Gasteiger partial charge in [0.05, 0.1) is 12.7 Å². The molecule has 0 radical (unpaired) electrons. The molecule has 0 bridgehead atoms. The van der Waals surface area contributed by atoms with Gasteiger partial charge >= 0.3 is 0 Å². The maximum Gasteiger partial charge on any atom is 0.0674 e. The van der Waals surface area contributed by atoms with Crippen LogP contribution in [0.2, 0.25) is 0 Å². The lowest BCUT2D eigenvalue weighted by molar-refractivity contribution is -0.0333. The topological polar surface area (TPSA) is 38.5 Å². The molecule has 2 unspecified atom stereocenters. The molecular formula is C14H22N2O. The molecule has 0 saturated carbocycles. The molecule has 0 aliphatic carbocycles. The maximum absolute atomic E-state index is 5.94. The van der Waals surface area contributed by atoms with Gasteiger partial charge in [-0.2, -0.15) is 0 Å². The summed E-state index contributed by atoms with van der Waals surface area (Å²) in [5, 5.41) is 0. The van der Waals surface area contributed by atoms with Crippen LogP contribution in [-0.2, 0) is 4.74 Å². The molecule has 1 aliphatic rings. The van der Waals surface area contributed by atoms with E-state index in [1.807, 2.05) is 0 Å². The Morgan fingerprint density at radius 3 is 2.71 bits per heavy atom. The summed E-state index contributed by atoms with van der Waals surface area (Å²) in [6.45, 7) is 7.64. The zero-order chi connectivity index (χ0) is 12.3. The van der Waals surface area contributed by atoms with Gasteiger partial charge in [0.2, 0.25) is 0 Å². The van der Waals surface area contributed by atoms with Crippen LogP contribution in [0.15, 0.2) is 24.3 Å². The zero-order valence-corrected chi connectivity index (χ0v) is 10.7. The van der Waals surface area contributed by atoms with E-state index in [9.17, 15) is 0 Å². The van der Waals surface area contributed by atoms with Crippen LogP contribution in [0, 0.1) is 6.92 Å². The summed E-state index contributed by atoms with van der Waals surface area (Å²) in [6, 6.07) is 9.01. The summed E-state index contributed by atoms with van der Waals surface area (Å²) in [6.07, 6.45) is 0.309. The van der Waals surface area contributed by atoms with E-state index in [4.69, 9.17) is 10.5 Å². The first-order chi connectivity index (χ1) is 8.20. The molecule has 17 heavy (non-hydrogen) atoms. The second-order valence-electron chi connectivity index (χ2n) is 4.84. The largest absolute Gasteiger partial charge is 0.376 e. The third kappa shape index (κ3) is 3.06. The fraction of sp³-hybridized carbons (Fsp3) is 0.571. The van der Waals surface area contributed by atoms with Gasteiger partial charge in [-0.1, -0.05) is 29.8 Å². The standard InChI is InChI=1S/C14H22N2O/c1-11-3-5-13(6-4-11)14(9-15)16-7-8-17-12(2)10-16/h3-6,12,14H,7-10,15H2,1-2H3. The highest BCUT2D eigenvalue weighted by atomic mass is 16.5. The summed E-state index contributed by atoms with van der Waals surface area (Å²) in [5.41, 5.74) is 8.54. The zero-order valence-electron chi connectivity index (χ0n) is 10.7. The molecule has 1 aromatic rings. The first-order valence-electron chi connectivity index (χ1n) is 6.33. The number of benzene rings is 1. The third-order valence-electron chi connectivity index (χ3n) is 3.40. The summed E-state index contributed by atoms with van der Waals surface area (Å²) in [4.78, 5) is 2.43. The van der Waals surface area contributed by atoms with Gasteiger partial charge in [-0.3, -0.25) is 4.90 Å². The molecule has 3 heteroatoms. The van der Waals surface area contributed by atoms with Gasteiger partial charge in [0, 0.05) is 25.7 Å². The predicted octanol–water partition coefficient (Wildman–Crippen LogP) is 1.72. The predicted molar refractivity (Wildman–Crippen MR) is 70.0 cm³/mol. The Labute approximate surface area is 104 Å². The van der Waals surface area contributed by atoms with Crippen LogP contribution in [0.1, 0.15) is 24.1 Å². The van der Waals surface area contributed by atoms with Crippen LogP contribution in [-0.4, -0.2) is 37.2 Å². The number of nitrogens with zero attached hydrogens (tertiary/aromatic N) is 1. The lowest BCUT2D eigenvalue weighted by atomic mass is 10.0. The van der Waals surface area contributed by atoms with Crippen LogP contribution >= 0.6 is 0 Å². The average molecular weight is 234 g/mol. The van der Waals surface area contributed by atoms with E-state index in [0.29, 0.717) is 18.7 Å². The van der Waals surface area contributed by atoms with Crippen molar-refractivity contribution in [2.45, 2.75) is 26.0 Å². The van der Waals surface area contributed by atoms with Gasteiger partial charge in [0.25, 0.3) is 0 Å². The number of aryl methyl sites for hydroxylation is 1. The van der Waals surface area contributed by atoms with Crippen molar-refractivity contribution in [2.75, 3.05) is 26.2 Å². The second kappa shape index (κ2) is 5.63. The van der Waals surface area contributed by atoms with Crippen molar-refractivity contribution >= 4 is 0 Å². The van der Waals surface area contributed by atoms with Gasteiger partial charge in [0.1, 0.15) is 0 Å². The molecule has 2 atom stereocenters. The average Bonchev–Trinajstić information content (AvgIpc) is 2.33. The SMILES string of the molecule is Cc1ccc(C(CN)N2CCOC(C)C2)cc1. The van der Waals surface area contributed by atoms with Gasteiger partial charge in [-0.05, 0) is 19.4 Å². The molecule has 3 nitrogen and oxygen atoms in total. The molecule has 0 spiro atoms. The minimum Gasteiger partial charge on any atom is -0.376 e. The molecule has 1 heterocycles. The summed E-state index contributed by atoms with van der Waals surface area (Å²) in [5.74, 6) is 0. The van der Waals surface area contributed by atoms with Crippen molar-refractivity contribution < 1.29 is 4.74 Å². The molecule has 1 fully saturated rings. The van der Waals surface area contributed by atoms with Crippen LogP contribution < -0.4 is 5.73 Å². The highest BCUT2D eigenvalue weighted by Crippen LogP contribution is 2.22. The fourth-order valence-electron chi connectivity index (χ4n) is 2.41. The Morgan fingerprint density at radius 1 is 1.41 bits per heavy atom. The second-order valence-corrected chi connectivity index (χ2v) is 4.84. The number of morpholine rings is 1. The minimum atomic E-state index is 0.309. The monoisotopic (exact) mass is 234 g/mol. The molecule has 2 N–H and O–H groups in total. The van der Waals surface area contributed by atoms with Crippen molar-refractivity contribution in [3.63, 3.8) is 0 Å². The van der Waals surface area contributed by atoms with Gasteiger partial charge in [-0.25, -0.2) is 0 Å². The number of ether oxygens (including phenoxy) is 1. The number of hydrogen-bond donors (Lipinski definition) is 1. The van der Waals surface area contributed by atoms with Crippen molar-refractivity contribution in [3.05, 3.63) is 35.4 Å². The molecule has 0 aromatic heterocycles. The Balaban J connectivity index is 2.12. The molecule has 2 rings (SSSR count). The van der Waals surface area contributed by atoms with E-state index in [-0.39, 0.29) is 0 Å². The van der Waals surface area contributed by atoms with E-state index in [0.717, 1.165) is 19.7 Å². The van der Waals surface area contributed by atoms with Crippen molar-refractivity contribution in [3.8, 4) is 0 Å². The van der Waals surface area contributed by atoms with E-state index >= 15 is 0 Å². The highest BCUT2D eigenvalue weighted by Gasteiger charge is 2.24. The first kappa shape index (κ1) is 12.6. The summed E-state index contributed by atoms with van der Waals surface area (Å²) < 4.78 is 5.58. The van der Waals surface area contributed by atoms with Crippen LogP contribution in [0.5, 0.6) is 0 Å². The summed E-state index contributed by atoms with van der Waals surface area (Å²) >= 11 is 0. The minimum absolute atomic E-state index is 0.309.